The molecule has 0 bridgehead atoms. The van der Waals surface area contributed by atoms with E-state index in [1.807, 2.05) is 0 Å². The van der Waals surface area contributed by atoms with Gasteiger partial charge in [0.05, 0.1) is 44.5 Å². The molecule has 0 amide bonds. The van der Waals surface area contributed by atoms with Gasteiger partial charge in [0.2, 0.25) is 0 Å². The summed E-state index contributed by atoms with van der Waals surface area (Å²) in [5.41, 5.74) is 17.9. The molecule has 0 saturated heterocycles. The highest BCUT2D eigenvalue weighted by molar-refractivity contribution is 6.09. The van der Waals surface area contributed by atoms with E-state index in [9.17, 15) is 0 Å². The molecule has 4 atom stereocenters. The minimum atomic E-state index is -0.836. The van der Waals surface area contributed by atoms with Gasteiger partial charge in [0, 0.05) is 61.8 Å². The zero-order valence-corrected chi connectivity index (χ0v) is 63.3. The lowest BCUT2D eigenvalue weighted by Crippen LogP contribution is -2.33. The van der Waals surface area contributed by atoms with Gasteiger partial charge in [-0.3, -0.25) is 13.7 Å². The number of allylic oxidation sites excluding steroid dienone is 2. The van der Waals surface area contributed by atoms with Crippen molar-refractivity contribution in [3.8, 4) is 79.9 Å². The van der Waals surface area contributed by atoms with Gasteiger partial charge in [-0.15, -0.1) is 0 Å². The molecule has 1 aliphatic carbocycles. The summed E-state index contributed by atoms with van der Waals surface area (Å²) >= 11 is 0. The highest BCUT2D eigenvalue weighted by Gasteiger charge is 2.38. The summed E-state index contributed by atoms with van der Waals surface area (Å²) in [4.78, 5) is 16.6. The molecule has 0 radical (unpaired) electrons. The summed E-state index contributed by atoms with van der Waals surface area (Å²) in [7, 11) is 0. The maximum absolute atomic E-state index is 7.94. The molecule has 0 saturated carbocycles. The van der Waals surface area contributed by atoms with Crippen molar-refractivity contribution in [1.82, 2.24) is 33.2 Å². The van der Waals surface area contributed by atoms with Gasteiger partial charge in [0.1, 0.15) is 51.7 Å². The second-order valence-corrected chi connectivity index (χ2v) is 29.9. The third kappa shape index (κ3) is 14.0. The molecule has 4 aromatic heterocycles. The molecule has 4 unspecified atom stereocenters. The highest BCUT2D eigenvalue weighted by Crippen LogP contribution is 2.48. The number of fused-ring (bicyclic) bond motifs is 6. The van der Waals surface area contributed by atoms with Crippen LogP contribution in [0.15, 0.2) is 285 Å². The van der Waals surface area contributed by atoms with Crippen LogP contribution in [0.5, 0.6) is 23.0 Å². The van der Waals surface area contributed by atoms with E-state index in [4.69, 9.17) is 29.2 Å². The Morgan fingerprint density at radius 1 is 0.491 bits per heavy atom. The van der Waals surface area contributed by atoms with Crippen LogP contribution in [0.2, 0.25) is 0 Å². The summed E-state index contributed by atoms with van der Waals surface area (Å²) < 4.78 is 32.3. The molecule has 540 valence electrons. The average molecular weight is 1420 g/mol. The second kappa shape index (κ2) is 30.6. The Hall–Kier alpha value is -11.8. The van der Waals surface area contributed by atoms with E-state index in [1.54, 1.807) is 0 Å². The fourth-order valence-electron chi connectivity index (χ4n) is 16.3. The summed E-state index contributed by atoms with van der Waals surface area (Å²) in [5.74, 6) is 6.15. The molecule has 0 fully saturated rings. The monoisotopic (exact) mass is 1420 g/mol. The van der Waals surface area contributed by atoms with E-state index in [0.29, 0.717) is 23.3 Å². The van der Waals surface area contributed by atoms with Crippen molar-refractivity contribution < 1.29 is 14.2 Å². The first-order valence-corrected chi connectivity index (χ1v) is 39.0. The van der Waals surface area contributed by atoms with Crippen molar-refractivity contribution in [3.05, 3.63) is 313 Å². The van der Waals surface area contributed by atoms with Crippen molar-refractivity contribution in [2.45, 2.75) is 137 Å². The molecule has 10 heteroatoms. The lowest BCUT2D eigenvalue weighted by atomic mass is 9.82. The third-order valence-electron chi connectivity index (χ3n) is 22.4. The van der Waals surface area contributed by atoms with E-state index in [-0.39, 0.29) is 0 Å². The molecule has 4 heterocycles. The van der Waals surface area contributed by atoms with Crippen molar-refractivity contribution >= 4 is 49.9 Å². The lowest BCUT2D eigenvalue weighted by molar-refractivity contribution is 0.0565. The maximum atomic E-state index is 7.94. The van der Waals surface area contributed by atoms with Crippen molar-refractivity contribution in [2.75, 3.05) is 0 Å². The topological polar surface area (TPSA) is 86.1 Å². The van der Waals surface area contributed by atoms with Crippen molar-refractivity contribution in [2.24, 2.45) is 11.8 Å². The van der Waals surface area contributed by atoms with E-state index < -0.39 is 11.2 Å². The number of imidazole rings is 3. The van der Waals surface area contributed by atoms with Crippen molar-refractivity contribution in [1.29, 1.82) is 0 Å². The third-order valence-corrected chi connectivity index (χ3v) is 22.4. The average Bonchev–Trinajstić information content (AvgIpc) is 1.74. The molecule has 10 nitrogen and oxygen atoms in total. The molecule has 0 spiro atoms. The van der Waals surface area contributed by atoms with Crippen LogP contribution in [0.4, 0.5) is 0 Å². The number of ether oxygens (including phenoxy) is 3. The minimum Gasteiger partial charge on any atom is -0.483 e. The number of hydrogen-bond acceptors (Lipinski definition) is 6. The fourth-order valence-corrected chi connectivity index (χ4v) is 16.3. The maximum Gasteiger partial charge on any atom is 0.145 e. The van der Waals surface area contributed by atoms with E-state index in [1.165, 1.54) is 27.4 Å². The molecular formula is C98H95N7O3. The largest absolute Gasteiger partial charge is 0.483 e. The highest BCUT2D eigenvalue weighted by atomic mass is 16.5. The number of aromatic nitrogens is 7. The van der Waals surface area contributed by atoms with Gasteiger partial charge >= 0.3 is 0 Å². The predicted molar refractivity (Wildman–Crippen MR) is 446 cm³/mol. The summed E-state index contributed by atoms with van der Waals surface area (Å²) in [6.45, 7) is 20.6. The zero-order chi connectivity index (χ0) is 73.9. The summed E-state index contributed by atoms with van der Waals surface area (Å²) in [5, 5.41) is 2.47. The quantitative estimate of drug-likeness (QED) is 0.0454. The van der Waals surface area contributed by atoms with Crippen LogP contribution in [0.25, 0.3) is 107 Å². The van der Waals surface area contributed by atoms with Gasteiger partial charge in [-0.1, -0.05) is 212 Å². The molecule has 1 aliphatic rings. The Bertz CT molecular complexity index is 5560. The Labute approximate surface area is 635 Å². The SMILES string of the molecule is C=C(CC)CCC(C)(Oc1cc(Oc2ccc(-n3c(-c4cc(-c5nc6ccccc6n5-c5ccccc5)cc(-c5nc6ccccc6n5-c5ccccc5)c4)nc4c3CCC=C4)cc2)c(C(C)(CC(C)CC)Oc2ccccc2)cc1CC(CC)CCCC)c1ccc(-n2c3ccccc3c3ccccc32)cc1. The smallest absolute Gasteiger partial charge is 0.145 e. The molecular weight excluding hydrogens is 1320 g/mol. The molecule has 108 heavy (non-hydrogen) atoms. The molecule has 11 aromatic carbocycles. The van der Waals surface area contributed by atoms with Gasteiger partial charge in [-0.25, -0.2) is 15.0 Å². The Kier molecular flexibility index (Phi) is 20.0. The fraction of sp³-hybridized carbons (Fsp3) is 0.235. The number of para-hydroxylation sites is 9. The van der Waals surface area contributed by atoms with E-state index >= 15 is 0 Å². The van der Waals surface area contributed by atoms with Crippen LogP contribution < -0.4 is 14.2 Å². The Morgan fingerprint density at radius 2 is 1.01 bits per heavy atom. The number of hydrogen-bond donors (Lipinski definition) is 0. The predicted octanol–water partition coefficient (Wildman–Crippen LogP) is 25.9. The van der Waals surface area contributed by atoms with Crippen LogP contribution in [-0.4, -0.2) is 33.2 Å². The van der Waals surface area contributed by atoms with Gasteiger partial charge in [-0.05, 0) is 221 Å². The van der Waals surface area contributed by atoms with Crippen LogP contribution in [0.1, 0.15) is 141 Å². The lowest BCUT2D eigenvalue weighted by Gasteiger charge is -2.37. The number of nitrogens with zero attached hydrogens (tertiary/aromatic N) is 7. The molecule has 16 rings (SSSR count). The first-order chi connectivity index (χ1) is 52.9. The summed E-state index contributed by atoms with van der Waals surface area (Å²) in [6.07, 6.45) is 15.5. The summed E-state index contributed by atoms with van der Waals surface area (Å²) in [6, 6.07) is 94.8. The molecule has 0 N–H and O–H groups in total. The number of rotatable bonds is 28. The van der Waals surface area contributed by atoms with Gasteiger partial charge in [-0.2, -0.15) is 0 Å². The van der Waals surface area contributed by atoms with Crippen LogP contribution in [0, 0.1) is 11.8 Å². The first kappa shape index (κ1) is 70.6. The molecule has 0 aliphatic heterocycles. The normalized spacial score (nSPS) is 13.9. The number of unbranched alkanes of at least 4 members (excludes halogenated alkanes) is 1. The standard InChI is InChI=1S/C98H95N7O3/c1-9-13-33-69(12-4)60-70-64-83(98(8,66-68(6)11-3)107-80-38-21-16-22-39-80)93(65-92(70)108-97(7,59-58-67(5)10-2)74-50-52-77(53-51-74)102-87-45-28-23-40-81(87)82-41-24-29-46-88(82)102)106-79-56-54-78(55-57-79)105-91-49-32-27-44-86(91)101-96(105)73-62-71(94-99-84-42-25-30-47-89(84)103(94)75-34-17-14-18-35-75)61-72(63-73)95-100-85-43-26-31-48-90(85)104(95)76-36-19-15-20-37-76/h14-31,34-48,50-57,61-65,68-69H,5,9-13,32-33,49,58-60,66H2,1-4,6-8H3. The first-order valence-electron chi connectivity index (χ1n) is 39.0. The second-order valence-electron chi connectivity index (χ2n) is 29.9. The van der Waals surface area contributed by atoms with Gasteiger partial charge < -0.3 is 18.8 Å². The Balaban J connectivity index is 0.849. The number of benzene rings is 11. The van der Waals surface area contributed by atoms with Crippen LogP contribution in [-0.2, 0) is 24.0 Å². The Morgan fingerprint density at radius 3 is 1.57 bits per heavy atom. The van der Waals surface area contributed by atoms with Crippen LogP contribution in [0.3, 0.4) is 0 Å². The van der Waals surface area contributed by atoms with E-state index in [0.717, 1.165) is 196 Å². The van der Waals surface area contributed by atoms with E-state index in [2.05, 4.69) is 352 Å². The minimum absolute atomic E-state index is 0.316. The van der Waals surface area contributed by atoms with Gasteiger partial charge in [0.25, 0.3) is 0 Å². The van der Waals surface area contributed by atoms with Crippen LogP contribution >= 0.6 is 0 Å². The zero-order valence-electron chi connectivity index (χ0n) is 63.3. The van der Waals surface area contributed by atoms with Crippen molar-refractivity contribution in [3.63, 3.8) is 0 Å². The molecule has 15 aromatic rings. The van der Waals surface area contributed by atoms with Gasteiger partial charge in [0.15, 0.2) is 0 Å².